The Kier molecular flexibility index (Phi) is 4.34. The van der Waals surface area contributed by atoms with E-state index < -0.39 is 0 Å². The van der Waals surface area contributed by atoms with Gasteiger partial charge in [0.15, 0.2) is 0 Å². The van der Waals surface area contributed by atoms with Crippen molar-refractivity contribution in [3.05, 3.63) is 35.9 Å². The summed E-state index contributed by atoms with van der Waals surface area (Å²) in [6.45, 7) is 1.01. The van der Waals surface area contributed by atoms with Crippen molar-refractivity contribution in [1.29, 1.82) is 0 Å². The van der Waals surface area contributed by atoms with Gasteiger partial charge in [-0.3, -0.25) is 14.4 Å². The van der Waals surface area contributed by atoms with E-state index in [0.717, 1.165) is 0 Å². The first-order valence-electron chi connectivity index (χ1n) is 6.43. The molecule has 3 amide bonds. The normalized spacial score (nSPS) is 15.2. The zero-order chi connectivity index (χ0) is 14.5. The highest BCUT2D eigenvalue weighted by atomic mass is 16.2. The van der Waals surface area contributed by atoms with Crippen LogP contribution in [0.15, 0.2) is 30.3 Å². The van der Waals surface area contributed by atoms with E-state index in [4.69, 9.17) is 0 Å². The molecule has 6 nitrogen and oxygen atoms in total. The molecule has 106 valence electrons. The monoisotopic (exact) mass is 275 g/mol. The number of hydrogen-bond acceptors (Lipinski definition) is 3. The Labute approximate surface area is 117 Å². The van der Waals surface area contributed by atoms with E-state index in [1.54, 1.807) is 36.2 Å². The molecule has 1 aromatic rings. The summed E-state index contributed by atoms with van der Waals surface area (Å²) in [6.07, 6.45) is 0. The first kappa shape index (κ1) is 14.0. The van der Waals surface area contributed by atoms with Gasteiger partial charge in [0, 0.05) is 25.7 Å². The number of carbonyl (C=O) groups excluding carboxylic acids is 3. The minimum absolute atomic E-state index is 0.0799. The average molecular weight is 275 g/mol. The van der Waals surface area contributed by atoms with Gasteiger partial charge in [0.25, 0.3) is 5.91 Å². The van der Waals surface area contributed by atoms with Gasteiger partial charge in [-0.05, 0) is 12.1 Å². The lowest BCUT2D eigenvalue weighted by atomic mass is 10.2. The minimum atomic E-state index is -0.292. The first-order chi connectivity index (χ1) is 9.58. The number of piperazine rings is 1. The molecule has 1 saturated heterocycles. The van der Waals surface area contributed by atoms with Crippen LogP contribution in [-0.2, 0) is 9.59 Å². The second-order valence-corrected chi connectivity index (χ2v) is 4.68. The van der Waals surface area contributed by atoms with Crippen molar-refractivity contribution in [3.63, 3.8) is 0 Å². The van der Waals surface area contributed by atoms with Crippen LogP contribution in [0.25, 0.3) is 0 Å². The van der Waals surface area contributed by atoms with Gasteiger partial charge in [-0.1, -0.05) is 18.2 Å². The highest BCUT2D eigenvalue weighted by molar-refractivity contribution is 5.96. The predicted molar refractivity (Wildman–Crippen MR) is 73.0 cm³/mol. The maximum atomic E-state index is 11.9. The topological polar surface area (TPSA) is 69.7 Å². The third kappa shape index (κ3) is 3.34. The van der Waals surface area contributed by atoms with Crippen molar-refractivity contribution >= 4 is 17.7 Å². The van der Waals surface area contributed by atoms with Gasteiger partial charge in [0.05, 0.1) is 13.1 Å². The lowest BCUT2D eigenvalue weighted by Crippen LogP contribution is -2.52. The summed E-state index contributed by atoms with van der Waals surface area (Å²) in [5.74, 6) is -0.617. The summed E-state index contributed by atoms with van der Waals surface area (Å²) in [7, 11) is 1.71. The van der Waals surface area contributed by atoms with Gasteiger partial charge < -0.3 is 15.1 Å². The number of likely N-dealkylation sites (N-methyl/N-ethyl adjacent to an activating group) is 1. The fourth-order valence-corrected chi connectivity index (χ4v) is 1.93. The van der Waals surface area contributed by atoms with E-state index in [0.29, 0.717) is 18.7 Å². The Morgan fingerprint density at radius 1 is 1.20 bits per heavy atom. The summed E-state index contributed by atoms with van der Waals surface area (Å²) < 4.78 is 0. The van der Waals surface area contributed by atoms with Crippen LogP contribution in [0.5, 0.6) is 0 Å². The SMILES string of the molecule is CN1CCN(C(=O)CNC(=O)c2ccccc2)CC1=O. The van der Waals surface area contributed by atoms with Crippen molar-refractivity contribution in [3.8, 4) is 0 Å². The standard InChI is InChI=1S/C14H17N3O3/c1-16-7-8-17(10-13(16)19)12(18)9-15-14(20)11-5-3-2-4-6-11/h2-6H,7-10H2,1H3,(H,15,20). The molecule has 0 bridgehead atoms. The van der Waals surface area contributed by atoms with E-state index >= 15 is 0 Å². The molecule has 1 aromatic carbocycles. The quantitative estimate of drug-likeness (QED) is 0.824. The Morgan fingerprint density at radius 2 is 1.90 bits per heavy atom. The summed E-state index contributed by atoms with van der Waals surface area (Å²) in [5.41, 5.74) is 0.509. The summed E-state index contributed by atoms with van der Waals surface area (Å²) in [5, 5.41) is 2.57. The third-order valence-electron chi connectivity index (χ3n) is 3.25. The molecule has 0 radical (unpaired) electrons. The van der Waals surface area contributed by atoms with Gasteiger partial charge in [0.2, 0.25) is 11.8 Å². The summed E-state index contributed by atoms with van der Waals surface area (Å²) in [6, 6.07) is 8.70. The summed E-state index contributed by atoms with van der Waals surface area (Å²) in [4.78, 5) is 38.3. The van der Waals surface area contributed by atoms with Gasteiger partial charge in [-0.2, -0.15) is 0 Å². The zero-order valence-electron chi connectivity index (χ0n) is 11.3. The second kappa shape index (κ2) is 6.18. The first-order valence-corrected chi connectivity index (χ1v) is 6.43. The lowest BCUT2D eigenvalue weighted by Gasteiger charge is -2.32. The smallest absolute Gasteiger partial charge is 0.251 e. The van der Waals surface area contributed by atoms with Crippen LogP contribution < -0.4 is 5.32 Å². The number of hydrogen-bond donors (Lipinski definition) is 1. The van der Waals surface area contributed by atoms with Crippen LogP contribution in [-0.4, -0.2) is 60.7 Å². The molecule has 1 aliphatic rings. The molecule has 20 heavy (non-hydrogen) atoms. The molecule has 6 heteroatoms. The molecule has 0 atom stereocenters. The fraction of sp³-hybridized carbons (Fsp3) is 0.357. The van der Waals surface area contributed by atoms with E-state index in [1.807, 2.05) is 6.07 Å². The Morgan fingerprint density at radius 3 is 2.55 bits per heavy atom. The van der Waals surface area contributed by atoms with Gasteiger partial charge in [-0.25, -0.2) is 0 Å². The number of rotatable bonds is 3. The van der Waals surface area contributed by atoms with Gasteiger partial charge in [-0.15, -0.1) is 0 Å². The van der Waals surface area contributed by atoms with Crippen LogP contribution in [0.1, 0.15) is 10.4 Å². The van der Waals surface area contributed by atoms with Crippen LogP contribution in [0.3, 0.4) is 0 Å². The van der Waals surface area contributed by atoms with Crippen molar-refractivity contribution in [2.75, 3.05) is 33.2 Å². The number of carbonyl (C=O) groups is 3. The molecule has 0 spiro atoms. The fourth-order valence-electron chi connectivity index (χ4n) is 1.93. The number of nitrogens with one attached hydrogen (secondary N) is 1. The second-order valence-electron chi connectivity index (χ2n) is 4.68. The van der Waals surface area contributed by atoms with Crippen LogP contribution in [0, 0.1) is 0 Å². The Bertz CT molecular complexity index is 516. The molecule has 0 aromatic heterocycles. The van der Waals surface area contributed by atoms with Gasteiger partial charge in [0.1, 0.15) is 0 Å². The molecule has 0 saturated carbocycles. The molecule has 1 aliphatic heterocycles. The van der Waals surface area contributed by atoms with Crippen molar-refractivity contribution < 1.29 is 14.4 Å². The minimum Gasteiger partial charge on any atom is -0.343 e. The number of nitrogens with zero attached hydrogens (tertiary/aromatic N) is 2. The van der Waals surface area contributed by atoms with Crippen molar-refractivity contribution in [2.45, 2.75) is 0 Å². The van der Waals surface area contributed by atoms with E-state index in [2.05, 4.69) is 5.32 Å². The highest BCUT2D eigenvalue weighted by Crippen LogP contribution is 2.02. The van der Waals surface area contributed by atoms with Crippen LogP contribution >= 0.6 is 0 Å². The molecular formula is C14H17N3O3. The summed E-state index contributed by atoms with van der Waals surface area (Å²) >= 11 is 0. The number of amides is 3. The van der Waals surface area contributed by atoms with Crippen molar-refractivity contribution in [1.82, 2.24) is 15.1 Å². The van der Waals surface area contributed by atoms with Gasteiger partial charge >= 0.3 is 0 Å². The molecular weight excluding hydrogens is 258 g/mol. The molecule has 1 heterocycles. The van der Waals surface area contributed by atoms with E-state index in [-0.39, 0.29) is 30.8 Å². The lowest BCUT2D eigenvalue weighted by molar-refractivity contribution is -0.143. The molecule has 2 rings (SSSR count). The largest absolute Gasteiger partial charge is 0.343 e. The molecule has 1 fully saturated rings. The molecule has 0 aliphatic carbocycles. The maximum absolute atomic E-state index is 11.9. The van der Waals surface area contributed by atoms with Crippen LogP contribution in [0.2, 0.25) is 0 Å². The zero-order valence-corrected chi connectivity index (χ0v) is 11.3. The molecule has 0 unspecified atom stereocenters. The number of benzene rings is 1. The Balaban J connectivity index is 1.84. The maximum Gasteiger partial charge on any atom is 0.251 e. The van der Waals surface area contributed by atoms with E-state index in [9.17, 15) is 14.4 Å². The van der Waals surface area contributed by atoms with Crippen molar-refractivity contribution in [2.24, 2.45) is 0 Å². The predicted octanol–water partition coefficient (Wildman–Crippen LogP) is -0.283. The highest BCUT2D eigenvalue weighted by Gasteiger charge is 2.24. The third-order valence-corrected chi connectivity index (χ3v) is 3.25. The Hall–Kier alpha value is -2.37. The average Bonchev–Trinajstić information content (AvgIpc) is 2.48. The van der Waals surface area contributed by atoms with Crippen LogP contribution in [0.4, 0.5) is 0 Å². The van der Waals surface area contributed by atoms with E-state index in [1.165, 1.54) is 4.90 Å². The molecule has 1 N–H and O–H groups in total.